The standard InChI is InChI=1S/C12H22N4O/c1-2-6-16-12(13-10-14-16)9-15(7-8-17)11-4-3-5-11/h10-11,17H,2-9H2,1H3. The number of aliphatic hydroxyl groups is 1. The summed E-state index contributed by atoms with van der Waals surface area (Å²) in [7, 11) is 0. The average Bonchev–Trinajstić information content (AvgIpc) is 2.64. The van der Waals surface area contributed by atoms with Crippen LogP contribution in [0.25, 0.3) is 0 Å². The van der Waals surface area contributed by atoms with Gasteiger partial charge in [0.15, 0.2) is 0 Å². The zero-order valence-corrected chi connectivity index (χ0v) is 10.5. The van der Waals surface area contributed by atoms with E-state index in [1.807, 2.05) is 4.68 Å². The quantitative estimate of drug-likeness (QED) is 0.771. The van der Waals surface area contributed by atoms with Crippen LogP contribution in [0.2, 0.25) is 0 Å². The average molecular weight is 238 g/mol. The molecule has 1 aromatic heterocycles. The van der Waals surface area contributed by atoms with Gasteiger partial charge < -0.3 is 5.11 Å². The summed E-state index contributed by atoms with van der Waals surface area (Å²) < 4.78 is 1.98. The normalized spacial score (nSPS) is 16.4. The van der Waals surface area contributed by atoms with Gasteiger partial charge in [-0.3, -0.25) is 4.90 Å². The van der Waals surface area contributed by atoms with Crippen LogP contribution in [0.1, 0.15) is 38.4 Å². The van der Waals surface area contributed by atoms with Gasteiger partial charge in [-0.1, -0.05) is 13.3 Å². The Balaban J connectivity index is 1.97. The molecule has 0 atom stereocenters. The molecule has 17 heavy (non-hydrogen) atoms. The minimum absolute atomic E-state index is 0.221. The van der Waals surface area contributed by atoms with Crippen molar-refractivity contribution in [3.05, 3.63) is 12.2 Å². The van der Waals surface area contributed by atoms with E-state index in [-0.39, 0.29) is 6.61 Å². The molecule has 0 aliphatic heterocycles. The lowest BCUT2D eigenvalue weighted by Gasteiger charge is -2.36. The van der Waals surface area contributed by atoms with Gasteiger partial charge in [-0.2, -0.15) is 5.10 Å². The predicted octanol–water partition coefficient (Wildman–Crippen LogP) is 1.03. The zero-order valence-electron chi connectivity index (χ0n) is 10.5. The largest absolute Gasteiger partial charge is 0.395 e. The van der Waals surface area contributed by atoms with Crippen LogP contribution in [0.4, 0.5) is 0 Å². The molecule has 5 heteroatoms. The second kappa shape index (κ2) is 6.12. The third-order valence-corrected chi connectivity index (χ3v) is 3.45. The van der Waals surface area contributed by atoms with Crippen molar-refractivity contribution in [2.75, 3.05) is 13.2 Å². The predicted molar refractivity (Wildman–Crippen MR) is 65.4 cm³/mol. The summed E-state index contributed by atoms with van der Waals surface area (Å²) in [5.74, 6) is 1.02. The first-order valence-electron chi connectivity index (χ1n) is 6.56. The molecule has 1 N–H and O–H groups in total. The first kappa shape index (κ1) is 12.5. The van der Waals surface area contributed by atoms with Crippen LogP contribution < -0.4 is 0 Å². The summed E-state index contributed by atoms with van der Waals surface area (Å²) in [5.41, 5.74) is 0. The Labute approximate surface area is 102 Å². The number of aromatic nitrogens is 3. The number of hydrogen-bond acceptors (Lipinski definition) is 4. The Morgan fingerprint density at radius 3 is 2.94 bits per heavy atom. The first-order valence-corrected chi connectivity index (χ1v) is 6.56. The molecular weight excluding hydrogens is 216 g/mol. The van der Waals surface area contributed by atoms with Crippen molar-refractivity contribution >= 4 is 0 Å². The fourth-order valence-electron chi connectivity index (χ4n) is 2.26. The molecule has 0 unspecified atom stereocenters. The van der Waals surface area contributed by atoms with Gasteiger partial charge in [-0.05, 0) is 19.3 Å². The van der Waals surface area contributed by atoms with Gasteiger partial charge in [0.05, 0.1) is 13.2 Å². The minimum Gasteiger partial charge on any atom is -0.395 e. The summed E-state index contributed by atoms with van der Waals surface area (Å²) >= 11 is 0. The third-order valence-electron chi connectivity index (χ3n) is 3.45. The number of aliphatic hydroxyl groups excluding tert-OH is 1. The zero-order chi connectivity index (χ0) is 12.1. The van der Waals surface area contributed by atoms with E-state index in [1.165, 1.54) is 19.3 Å². The van der Waals surface area contributed by atoms with Crippen LogP contribution in [-0.4, -0.2) is 44.0 Å². The number of rotatable bonds is 7. The molecule has 1 heterocycles. The Morgan fingerprint density at radius 1 is 1.53 bits per heavy atom. The molecule has 1 fully saturated rings. The van der Waals surface area contributed by atoms with Gasteiger partial charge in [0.25, 0.3) is 0 Å². The molecule has 0 bridgehead atoms. The van der Waals surface area contributed by atoms with Crippen molar-refractivity contribution in [2.45, 2.75) is 51.7 Å². The van der Waals surface area contributed by atoms with E-state index < -0.39 is 0 Å². The van der Waals surface area contributed by atoms with Crippen molar-refractivity contribution in [3.63, 3.8) is 0 Å². The van der Waals surface area contributed by atoms with Crippen LogP contribution >= 0.6 is 0 Å². The van der Waals surface area contributed by atoms with Gasteiger partial charge in [-0.15, -0.1) is 0 Å². The monoisotopic (exact) mass is 238 g/mol. The van der Waals surface area contributed by atoms with E-state index in [0.717, 1.165) is 31.9 Å². The molecule has 0 spiro atoms. The lowest BCUT2D eigenvalue weighted by atomic mass is 9.91. The number of aryl methyl sites for hydroxylation is 1. The van der Waals surface area contributed by atoms with Crippen molar-refractivity contribution in [3.8, 4) is 0 Å². The molecule has 2 rings (SSSR count). The van der Waals surface area contributed by atoms with Gasteiger partial charge in [0.1, 0.15) is 12.2 Å². The number of hydrogen-bond donors (Lipinski definition) is 1. The Morgan fingerprint density at radius 2 is 2.35 bits per heavy atom. The highest BCUT2D eigenvalue weighted by Crippen LogP contribution is 2.25. The molecule has 0 aromatic carbocycles. The van der Waals surface area contributed by atoms with Crippen molar-refractivity contribution in [2.24, 2.45) is 0 Å². The lowest BCUT2D eigenvalue weighted by Crippen LogP contribution is -2.41. The van der Waals surface area contributed by atoms with E-state index in [9.17, 15) is 0 Å². The number of nitrogens with zero attached hydrogens (tertiary/aromatic N) is 4. The highest BCUT2D eigenvalue weighted by Gasteiger charge is 2.25. The van der Waals surface area contributed by atoms with Crippen LogP contribution in [0.3, 0.4) is 0 Å². The van der Waals surface area contributed by atoms with E-state index >= 15 is 0 Å². The second-order valence-corrected chi connectivity index (χ2v) is 4.68. The molecule has 0 saturated heterocycles. The van der Waals surface area contributed by atoms with Gasteiger partial charge in [0, 0.05) is 19.1 Å². The maximum Gasteiger partial charge on any atom is 0.141 e. The topological polar surface area (TPSA) is 54.2 Å². The molecule has 0 amide bonds. The fraction of sp³-hybridized carbons (Fsp3) is 0.833. The third kappa shape index (κ3) is 3.04. The molecule has 1 saturated carbocycles. The van der Waals surface area contributed by atoms with Crippen molar-refractivity contribution < 1.29 is 5.11 Å². The van der Waals surface area contributed by atoms with Crippen LogP contribution in [0, 0.1) is 0 Å². The molecule has 5 nitrogen and oxygen atoms in total. The smallest absolute Gasteiger partial charge is 0.141 e. The van der Waals surface area contributed by atoms with Crippen molar-refractivity contribution in [1.82, 2.24) is 19.7 Å². The molecule has 1 aliphatic rings. The Kier molecular flexibility index (Phi) is 4.50. The molecule has 96 valence electrons. The van der Waals surface area contributed by atoms with Gasteiger partial charge in [0.2, 0.25) is 0 Å². The summed E-state index contributed by atoms with van der Waals surface area (Å²) in [6, 6.07) is 0.633. The van der Waals surface area contributed by atoms with E-state index in [2.05, 4.69) is 21.9 Å². The lowest BCUT2D eigenvalue weighted by molar-refractivity contribution is 0.0905. The second-order valence-electron chi connectivity index (χ2n) is 4.68. The maximum atomic E-state index is 9.12. The SMILES string of the molecule is CCCn1ncnc1CN(CCO)C1CCC1. The Hall–Kier alpha value is -0.940. The molecule has 1 aliphatic carbocycles. The first-order chi connectivity index (χ1) is 8.35. The van der Waals surface area contributed by atoms with Crippen molar-refractivity contribution in [1.29, 1.82) is 0 Å². The van der Waals surface area contributed by atoms with Gasteiger partial charge in [-0.25, -0.2) is 9.67 Å². The van der Waals surface area contributed by atoms with Crippen LogP contribution in [-0.2, 0) is 13.1 Å². The molecule has 1 aromatic rings. The van der Waals surface area contributed by atoms with E-state index in [0.29, 0.717) is 6.04 Å². The highest BCUT2D eigenvalue weighted by atomic mass is 16.3. The molecular formula is C12H22N4O. The Bertz CT molecular complexity index is 335. The fourth-order valence-corrected chi connectivity index (χ4v) is 2.26. The summed E-state index contributed by atoms with van der Waals surface area (Å²) in [4.78, 5) is 6.66. The maximum absolute atomic E-state index is 9.12. The van der Waals surface area contributed by atoms with E-state index in [4.69, 9.17) is 5.11 Å². The van der Waals surface area contributed by atoms with Crippen LogP contribution in [0.15, 0.2) is 6.33 Å². The summed E-state index contributed by atoms with van der Waals surface area (Å²) in [6.07, 6.45) is 6.51. The van der Waals surface area contributed by atoms with E-state index in [1.54, 1.807) is 6.33 Å². The molecule has 0 radical (unpaired) electrons. The minimum atomic E-state index is 0.221. The van der Waals surface area contributed by atoms with Crippen LogP contribution in [0.5, 0.6) is 0 Å². The summed E-state index contributed by atoms with van der Waals surface area (Å²) in [5, 5.41) is 13.4. The van der Waals surface area contributed by atoms with Gasteiger partial charge >= 0.3 is 0 Å². The summed E-state index contributed by atoms with van der Waals surface area (Å²) in [6.45, 7) is 4.84. The highest BCUT2D eigenvalue weighted by molar-refractivity contribution is 4.89.